The van der Waals surface area contributed by atoms with Crippen molar-refractivity contribution in [2.45, 2.75) is 98.8 Å². The summed E-state index contributed by atoms with van der Waals surface area (Å²) in [6, 6.07) is 0. The van der Waals surface area contributed by atoms with Crippen LogP contribution < -0.4 is 0 Å². The van der Waals surface area contributed by atoms with E-state index in [0.717, 1.165) is 52.1 Å². The Labute approximate surface area is 191 Å². The van der Waals surface area contributed by atoms with Crippen LogP contribution in [-0.4, -0.2) is 84.7 Å². The quantitative estimate of drug-likeness (QED) is 0.294. The average Bonchev–Trinajstić information content (AvgIpc) is 2.64. The molecule has 0 saturated carbocycles. The molecule has 0 spiro atoms. The van der Waals surface area contributed by atoms with Gasteiger partial charge in [-0.1, -0.05) is 0 Å². The third-order valence-electron chi connectivity index (χ3n) is 6.35. The van der Waals surface area contributed by atoms with Gasteiger partial charge >= 0.3 is 193 Å². The van der Waals surface area contributed by atoms with Crippen LogP contribution in [0.2, 0.25) is 0 Å². The predicted octanol–water partition coefficient (Wildman–Crippen LogP) is 5.06. The van der Waals surface area contributed by atoms with Crippen molar-refractivity contribution >= 4 is 48.6 Å². The van der Waals surface area contributed by atoms with Crippen molar-refractivity contribution in [2.75, 3.05) is 26.4 Å². The van der Waals surface area contributed by atoms with Crippen molar-refractivity contribution in [3.63, 3.8) is 0 Å². The van der Waals surface area contributed by atoms with Crippen LogP contribution in [0.5, 0.6) is 0 Å². The van der Waals surface area contributed by atoms with E-state index in [2.05, 4.69) is 63.5 Å². The summed E-state index contributed by atoms with van der Waals surface area (Å²) in [6.07, 6.45) is 6.37. The van der Waals surface area contributed by atoms with Crippen LogP contribution >= 0.6 is 35.8 Å². The summed E-state index contributed by atoms with van der Waals surface area (Å²) < 4.78 is 23.6. The number of hydrogen-bond donors (Lipinski definition) is 0. The molecule has 9 heteroatoms. The molecule has 0 amide bonds. The van der Waals surface area contributed by atoms with Gasteiger partial charge in [-0.15, -0.1) is 0 Å². The second kappa shape index (κ2) is 11.0. The van der Waals surface area contributed by atoms with Crippen LogP contribution in [0, 0.1) is 0 Å². The van der Waals surface area contributed by atoms with Crippen molar-refractivity contribution < 1.29 is 18.9 Å². The van der Waals surface area contributed by atoms with Crippen molar-refractivity contribution in [3.8, 4) is 0 Å². The molecule has 0 aromatic rings. The number of rotatable bonds is 12. The van der Waals surface area contributed by atoms with E-state index >= 15 is 0 Å². The van der Waals surface area contributed by atoms with Gasteiger partial charge in [0.05, 0.1) is 0 Å². The minimum atomic E-state index is -2.77. The van der Waals surface area contributed by atoms with E-state index in [1.54, 1.807) is 0 Å². The van der Waals surface area contributed by atoms with Crippen molar-refractivity contribution in [3.05, 3.63) is 0 Å². The Hall–Kier alpha value is 2.04. The molecule has 8 unspecified atom stereocenters. The fourth-order valence-electron chi connectivity index (χ4n) is 4.11. The molecule has 0 aromatic heterocycles. The molecule has 4 saturated heterocycles. The molecule has 0 aliphatic carbocycles. The summed E-state index contributed by atoms with van der Waals surface area (Å²) in [4.78, 5) is 0. The Bertz CT molecular complexity index is 443. The van der Waals surface area contributed by atoms with Crippen LogP contribution in [-0.2, 0) is 18.9 Å². The topological polar surface area (TPSA) is 36.9 Å². The van der Waals surface area contributed by atoms with Gasteiger partial charge in [0.2, 0.25) is 0 Å². The van der Waals surface area contributed by atoms with E-state index in [4.69, 9.17) is 18.9 Å². The van der Waals surface area contributed by atoms with E-state index in [0.29, 0.717) is 45.4 Å². The first-order valence-electron chi connectivity index (χ1n) is 11.3. The molecule has 0 bridgehead atoms. The van der Waals surface area contributed by atoms with Crippen molar-refractivity contribution in [1.82, 2.24) is 0 Å². The minimum absolute atomic E-state index is 0.455. The van der Waals surface area contributed by atoms with Gasteiger partial charge < -0.3 is 0 Å². The van der Waals surface area contributed by atoms with Crippen molar-refractivity contribution in [1.29, 1.82) is 0 Å². The molecule has 0 N–H and O–H groups in total. The summed E-state index contributed by atoms with van der Waals surface area (Å²) in [5.74, 6) is 0. The Kier molecular flexibility index (Phi) is 9.15. The second-order valence-corrected chi connectivity index (χ2v) is 49.4. The Morgan fingerprint density at radius 3 is 0.897 bits per heavy atom. The van der Waals surface area contributed by atoms with Gasteiger partial charge in [-0.2, -0.15) is 0 Å². The molecule has 8 atom stereocenters. The van der Waals surface area contributed by atoms with Gasteiger partial charge in [0.1, 0.15) is 0 Å². The van der Waals surface area contributed by atoms with Crippen LogP contribution in [0.1, 0.15) is 53.4 Å². The average molecular weight is 587 g/mol. The second-order valence-electron chi connectivity index (χ2n) is 8.25. The SMILES string of the molecule is CCC1OCC1[S][Sn]([S]C1COC1CC)([S]C1COC1CC)[S]C1COC1CC. The molecule has 29 heavy (non-hydrogen) atoms. The van der Waals surface area contributed by atoms with Crippen LogP contribution in [0.25, 0.3) is 0 Å². The van der Waals surface area contributed by atoms with Crippen LogP contribution in [0.3, 0.4) is 0 Å². The standard InChI is InChI=1S/4C5H10OS.Sn/c4*1-2-4-5(7)3-6-4;/h4*4-5,7H,2-3H2,1H3;/q;;;;+4/p-4. The van der Waals surface area contributed by atoms with E-state index < -0.39 is 12.8 Å². The molecular weight excluding hydrogens is 551 g/mol. The predicted molar refractivity (Wildman–Crippen MR) is 131 cm³/mol. The summed E-state index contributed by atoms with van der Waals surface area (Å²) in [6.45, 7) is 12.9. The zero-order chi connectivity index (χ0) is 20.4. The maximum absolute atomic E-state index is 5.91. The van der Waals surface area contributed by atoms with Crippen molar-refractivity contribution in [2.24, 2.45) is 0 Å². The summed E-state index contributed by atoms with van der Waals surface area (Å²) in [7, 11) is 9.56. The molecule has 0 radical (unpaired) electrons. The van der Waals surface area contributed by atoms with Crippen LogP contribution in [0.4, 0.5) is 0 Å². The summed E-state index contributed by atoms with van der Waals surface area (Å²) in [5.41, 5.74) is 0. The Morgan fingerprint density at radius 2 is 0.759 bits per heavy atom. The molecule has 4 heterocycles. The summed E-state index contributed by atoms with van der Waals surface area (Å²) >= 11 is -2.77. The first-order chi connectivity index (χ1) is 14.1. The third-order valence-corrected chi connectivity index (χ3v) is 54.0. The zero-order valence-electron chi connectivity index (χ0n) is 18.0. The molecule has 0 aromatic carbocycles. The summed E-state index contributed by atoms with van der Waals surface area (Å²) in [5, 5.41) is 2.75. The van der Waals surface area contributed by atoms with E-state index in [9.17, 15) is 0 Å². The maximum atomic E-state index is 5.91. The van der Waals surface area contributed by atoms with Gasteiger partial charge in [-0.25, -0.2) is 0 Å². The van der Waals surface area contributed by atoms with E-state index in [-0.39, 0.29) is 0 Å². The normalized spacial score (nSPS) is 43.4. The molecule has 4 aliphatic heterocycles. The van der Waals surface area contributed by atoms with E-state index in [1.807, 2.05) is 0 Å². The molecule has 4 nitrogen and oxygen atoms in total. The van der Waals surface area contributed by atoms with Gasteiger partial charge in [0.25, 0.3) is 0 Å². The number of hydrogen-bond acceptors (Lipinski definition) is 8. The zero-order valence-corrected chi connectivity index (χ0v) is 24.2. The Morgan fingerprint density at radius 1 is 0.517 bits per heavy atom. The Balaban J connectivity index is 1.53. The molecule has 168 valence electrons. The van der Waals surface area contributed by atoms with Gasteiger partial charge in [-0.3, -0.25) is 0 Å². The van der Waals surface area contributed by atoms with E-state index in [1.165, 1.54) is 0 Å². The molecule has 4 fully saturated rings. The van der Waals surface area contributed by atoms with Gasteiger partial charge in [0, 0.05) is 0 Å². The molecule has 4 rings (SSSR count). The third kappa shape index (κ3) is 5.42. The fraction of sp³-hybridized carbons (Fsp3) is 1.00. The fourth-order valence-corrected chi connectivity index (χ4v) is 67.8. The number of ether oxygens (including phenoxy) is 4. The first kappa shape index (κ1) is 24.2. The first-order valence-corrected chi connectivity index (χ1v) is 28.8. The van der Waals surface area contributed by atoms with Gasteiger partial charge in [-0.05, 0) is 0 Å². The van der Waals surface area contributed by atoms with Crippen LogP contribution in [0.15, 0.2) is 0 Å². The molecule has 4 aliphatic rings. The monoisotopic (exact) mass is 588 g/mol. The molecular formula is C20H36O4S4Sn. The van der Waals surface area contributed by atoms with Gasteiger partial charge in [0.15, 0.2) is 0 Å².